The van der Waals surface area contributed by atoms with Gasteiger partial charge in [0.05, 0.1) is 0 Å². The van der Waals surface area contributed by atoms with Crippen molar-refractivity contribution >= 4 is 23.2 Å². The van der Waals surface area contributed by atoms with E-state index in [-0.39, 0.29) is 18.1 Å². The lowest BCUT2D eigenvalue weighted by atomic mass is 10.3. The van der Waals surface area contributed by atoms with Gasteiger partial charge in [0, 0.05) is 27.4 Å². The van der Waals surface area contributed by atoms with Gasteiger partial charge in [0.25, 0.3) is 0 Å². The molecular weight excluding hydrogens is 231 g/mol. The molecule has 0 aromatic carbocycles. The van der Waals surface area contributed by atoms with Crippen LogP contribution in [-0.4, -0.2) is 52.7 Å². The number of halogens is 2. The molecule has 0 heterocycles. The second-order valence-corrected chi connectivity index (χ2v) is 3.21. The van der Waals surface area contributed by atoms with Gasteiger partial charge in [-0.3, -0.25) is 0 Å². The van der Waals surface area contributed by atoms with E-state index in [1.807, 2.05) is 0 Å². The fourth-order valence-electron chi connectivity index (χ4n) is 0.224. The molecule has 0 atom stereocenters. The molecule has 0 amide bonds. The number of aliphatic hydroxyl groups is 4. The van der Waals surface area contributed by atoms with Crippen LogP contribution in [0.1, 0.15) is 19.8 Å². The Morgan fingerprint density at radius 2 is 1.00 bits per heavy atom. The minimum Gasteiger partial charge on any atom is -0.400 e. The van der Waals surface area contributed by atoms with Crippen LogP contribution in [0.3, 0.4) is 0 Å². The van der Waals surface area contributed by atoms with Crippen LogP contribution < -0.4 is 0 Å². The highest BCUT2D eigenvalue weighted by Gasteiger charge is 1.77. The summed E-state index contributed by atoms with van der Waals surface area (Å²) in [6, 6.07) is 0. The summed E-state index contributed by atoms with van der Waals surface area (Å²) in [5, 5.41) is 30.2. The highest BCUT2D eigenvalue weighted by molar-refractivity contribution is 6.43. The van der Waals surface area contributed by atoms with Crippen LogP contribution in [-0.2, 0) is 0 Å². The number of unbranched alkanes of at least 4 members (excludes halogenated alkanes) is 1. The van der Waals surface area contributed by atoms with Crippen molar-refractivity contribution in [2.75, 3.05) is 27.4 Å². The van der Waals surface area contributed by atoms with E-state index in [1.165, 1.54) is 0 Å². The first-order valence-corrected chi connectivity index (χ1v) is 4.91. The molecule has 0 spiro atoms. The van der Waals surface area contributed by atoms with Crippen LogP contribution in [0.4, 0.5) is 0 Å². The van der Waals surface area contributed by atoms with Crippen LogP contribution >= 0.6 is 23.2 Å². The zero-order chi connectivity index (χ0) is 12.4. The van der Waals surface area contributed by atoms with Crippen LogP contribution in [0.2, 0.25) is 0 Å². The Kier molecular flexibility index (Phi) is 64.2. The quantitative estimate of drug-likeness (QED) is 0.442. The van der Waals surface area contributed by atoms with Gasteiger partial charge in [0.15, 0.2) is 0 Å². The van der Waals surface area contributed by atoms with Gasteiger partial charge in [0.1, 0.15) is 4.84 Å². The highest BCUT2D eigenvalue weighted by atomic mass is 35.5. The van der Waals surface area contributed by atoms with Crippen molar-refractivity contribution in [1.82, 2.24) is 0 Å². The standard InChI is InChI=1S/C4H10O2.C2H4Cl2.2CH4O/c5-3-1-2-4-6;1-2(3)4;2*1-2/h5-6H,1-4H2;2H,1H3;2*2H,1H3. The molecular formula is C8H22Cl2O4. The third-order valence-electron chi connectivity index (χ3n) is 0.566. The first-order chi connectivity index (χ1) is 6.65. The molecule has 6 heteroatoms. The molecule has 92 valence electrons. The summed E-state index contributed by atoms with van der Waals surface area (Å²) in [6.45, 7) is 2.09. The topological polar surface area (TPSA) is 80.9 Å². The summed E-state index contributed by atoms with van der Waals surface area (Å²) in [5.74, 6) is 0. The van der Waals surface area contributed by atoms with Gasteiger partial charge < -0.3 is 20.4 Å². The van der Waals surface area contributed by atoms with E-state index in [4.69, 9.17) is 43.6 Å². The predicted molar refractivity (Wildman–Crippen MR) is 60.9 cm³/mol. The van der Waals surface area contributed by atoms with Crippen molar-refractivity contribution in [2.24, 2.45) is 0 Å². The molecule has 4 nitrogen and oxygen atoms in total. The second kappa shape index (κ2) is 37.6. The normalized spacial score (nSPS) is 7.29. The number of hydrogen-bond acceptors (Lipinski definition) is 4. The number of aliphatic hydroxyl groups excluding tert-OH is 4. The zero-order valence-electron chi connectivity index (χ0n) is 8.95. The zero-order valence-corrected chi connectivity index (χ0v) is 10.5. The van der Waals surface area contributed by atoms with Crippen LogP contribution in [0.25, 0.3) is 0 Å². The van der Waals surface area contributed by atoms with Crippen molar-refractivity contribution in [2.45, 2.75) is 24.6 Å². The minimum atomic E-state index is -0.222. The van der Waals surface area contributed by atoms with Gasteiger partial charge in [-0.25, -0.2) is 0 Å². The van der Waals surface area contributed by atoms with Gasteiger partial charge in [0.2, 0.25) is 0 Å². The van der Waals surface area contributed by atoms with E-state index in [2.05, 4.69) is 0 Å². The van der Waals surface area contributed by atoms with E-state index in [9.17, 15) is 0 Å². The molecule has 0 aromatic rings. The average molecular weight is 253 g/mol. The van der Waals surface area contributed by atoms with Crippen LogP contribution in [0.5, 0.6) is 0 Å². The third kappa shape index (κ3) is 138. The second-order valence-electron chi connectivity index (χ2n) is 1.67. The van der Waals surface area contributed by atoms with E-state index >= 15 is 0 Å². The number of hydrogen-bond donors (Lipinski definition) is 4. The van der Waals surface area contributed by atoms with Gasteiger partial charge in [-0.2, -0.15) is 0 Å². The number of rotatable bonds is 3. The highest BCUT2D eigenvalue weighted by Crippen LogP contribution is 1.95. The summed E-state index contributed by atoms with van der Waals surface area (Å²) in [5.41, 5.74) is 0. The molecule has 0 aromatic heterocycles. The van der Waals surface area contributed by atoms with Crippen molar-refractivity contribution in [3.63, 3.8) is 0 Å². The van der Waals surface area contributed by atoms with Gasteiger partial charge in [-0.05, 0) is 19.8 Å². The number of alkyl halides is 2. The lowest BCUT2D eigenvalue weighted by Gasteiger charge is -1.85. The first kappa shape index (κ1) is 23.9. The first-order valence-electron chi connectivity index (χ1n) is 4.04. The van der Waals surface area contributed by atoms with Crippen molar-refractivity contribution in [3.8, 4) is 0 Å². The lowest BCUT2D eigenvalue weighted by Crippen LogP contribution is -1.85. The Labute approximate surface area is 96.1 Å². The maximum atomic E-state index is 8.09. The molecule has 0 saturated carbocycles. The fraction of sp³-hybridized carbons (Fsp3) is 1.00. The molecule has 0 bridgehead atoms. The largest absolute Gasteiger partial charge is 0.400 e. The smallest absolute Gasteiger partial charge is 0.105 e. The predicted octanol–water partition coefficient (Wildman–Crippen LogP) is 0.778. The summed E-state index contributed by atoms with van der Waals surface area (Å²) in [7, 11) is 2.00. The SMILES string of the molecule is CC(Cl)Cl.CO.CO.OCCCCO. The van der Waals surface area contributed by atoms with Crippen LogP contribution in [0.15, 0.2) is 0 Å². The minimum absolute atomic E-state index is 0.195. The molecule has 0 saturated heterocycles. The third-order valence-corrected chi connectivity index (χ3v) is 0.566. The Bertz CT molecular complexity index is 49.9. The molecule has 0 aliphatic carbocycles. The van der Waals surface area contributed by atoms with Gasteiger partial charge in [-0.15, -0.1) is 23.2 Å². The summed E-state index contributed by atoms with van der Waals surface area (Å²) in [4.78, 5) is -0.222. The molecule has 0 radical (unpaired) electrons. The molecule has 4 N–H and O–H groups in total. The fourth-order valence-corrected chi connectivity index (χ4v) is 0.224. The Hall–Kier alpha value is 0.420. The molecule has 0 aliphatic heterocycles. The summed E-state index contributed by atoms with van der Waals surface area (Å²) < 4.78 is 0. The Morgan fingerprint density at radius 1 is 0.857 bits per heavy atom. The van der Waals surface area contributed by atoms with E-state index in [0.717, 1.165) is 27.1 Å². The van der Waals surface area contributed by atoms with E-state index in [0.29, 0.717) is 0 Å². The monoisotopic (exact) mass is 252 g/mol. The Balaban J connectivity index is -0.0000000546. The van der Waals surface area contributed by atoms with E-state index in [1.54, 1.807) is 6.92 Å². The molecule has 0 rings (SSSR count). The molecule has 0 unspecified atom stereocenters. The molecule has 14 heavy (non-hydrogen) atoms. The van der Waals surface area contributed by atoms with Crippen LogP contribution in [0, 0.1) is 0 Å². The molecule has 0 fully saturated rings. The lowest BCUT2D eigenvalue weighted by molar-refractivity contribution is 0.242. The van der Waals surface area contributed by atoms with Crippen molar-refractivity contribution in [1.29, 1.82) is 0 Å². The van der Waals surface area contributed by atoms with Gasteiger partial charge in [-0.1, -0.05) is 0 Å². The summed E-state index contributed by atoms with van der Waals surface area (Å²) >= 11 is 10.1. The molecule has 0 aliphatic rings. The maximum Gasteiger partial charge on any atom is 0.105 e. The maximum absolute atomic E-state index is 8.09. The van der Waals surface area contributed by atoms with E-state index < -0.39 is 0 Å². The van der Waals surface area contributed by atoms with Crippen molar-refractivity contribution in [3.05, 3.63) is 0 Å². The van der Waals surface area contributed by atoms with Gasteiger partial charge >= 0.3 is 0 Å². The van der Waals surface area contributed by atoms with Crippen molar-refractivity contribution < 1.29 is 20.4 Å². The Morgan fingerprint density at radius 3 is 1.07 bits per heavy atom. The summed E-state index contributed by atoms with van der Waals surface area (Å²) in [6.07, 6.45) is 1.44. The average Bonchev–Trinajstić information content (AvgIpc) is 2.20.